The fraction of sp³-hybridized carbons (Fsp3) is 0.333. The molecule has 1 fully saturated rings. The van der Waals surface area contributed by atoms with Crippen molar-refractivity contribution >= 4 is 57.4 Å². The average molecular weight is 578 g/mol. The summed E-state index contributed by atoms with van der Waals surface area (Å²) >= 11 is 12.5. The molecular formula is C27H28ClNO7S2. The maximum absolute atomic E-state index is 12.9. The van der Waals surface area contributed by atoms with Gasteiger partial charge in [-0.1, -0.05) is 44.6 Å². The molecule has 1 aliphatic heterocycles. The van der Waals surface area contributed by atoms with Gasteiger partial charge in [-0.25, -0.2) is 4.79 Å². The van der Waals surface area contributed by atoms with E-state index in [9.17, 15) is 24.6 Å². The monoisotopic (exact) mass is 577 g/mol. The summed E-state index contributed by atoms with van der Waals surface area (Å²) in [5.41, 5.74) is -1.00. The molecule has 1 aliphatic rings. The van der Waals surface area contributed by atoms with Crippen molar-refractivity contribution in [3.05, 3.63) is 70.4 Å². The second kappa shape index (κ2) is 11.9. The molecule has 38 heavy (non-hydrogen) atoms. The number of hydrogen-bond acceptors (Lipinski definition) is 8. The number of amides is 1. The van der Waals surface area contributed by atoms with Gasteiger partial charge in [0.1, 0.15) is 17.0 Å². The number of carboxylic acids is 1. The zero-order valence-corrected chi connectivity index (χ0v) is 23.8. The molecule has 11 heteroatoms. The minimum absolute atomic E-state index is 0.223. The second-order valence-electron chi connectivity index (χ2n) is 9.61. The van der Waals surface area contributed by atoms with Gasteiger partial charge in [-0.05, 0) is 78.3 Å². The van der Waals surface area contributed by atoms with Crippen molar-refractivity contribution in [1.82, 2.24) is 4.90 Å². The lowest BCUT2D eigenvalue weighted by atomic mass is 9.92. The Balaban J connectivity index is 1.95. The Kier molecular flexibility index (Phi) is 9.25. The number of carbonyl (C=O) groups excluding carboxylic acids is 2. The number of benzene rings is 2. The maximum atomic E-state index is 12.9. The van der Waals surface area contributed by atoms with Crippen LogP contribution < -0.4 is 9.47 Å². The van der Waals surface area contributed by atoms with E-state index < -0.39 is 40.5 Å². The van der Waals surface area contributed by atoms with Crippen LogP contribution in [0.15, 0.2) is 59.3 Å². The largest absolute Gasteiger partial charge is 0.497 e. The first-order chi connectivity index (χ1) is 17.8. The molecule has 2 aromatic carbocycles. The van der Waals surface area contributed by atoms with Gasteiger partial charge in [0.25, 0.3) is 0 Å². The Labute approximate surface area is 235 Å². The first-order valence-electron chi connectivity index (χ1n) is 11.6. The van der Waals surface area contributed by atoms with E-state index in [4.69, 9.17) is 33.3 Å². The number of methoxy groups -OCH3 is 1. The lowest BCUT2D eigenvalue weighted by Gasteiger charge is -2.44. The van der Waals surface area contributed by atoms with Crippen LogP contribution in [0, 0.1) is 11.3 Å². The molecule has 2 N–H and O–H groups in total. The van der Waals surface area contributed by atoms with Gasteiger partial charge < -0.3 is 19.7 Å². The minimum Gasteiger partial charge on any atom is -0.497 e. The van der Waals surface area contributed by atoms with Crippen molar-refractivity contribution < 1.29 is 34.1 Å². The number of halogens is 1. The Bertz CT molecular complexity index is 1270. The van der Waals surface area contributed by atoms with Gasteiger partial charge in [-0.3, -0.25) is 14.5 Å². The van der Waals surface area contributed by atoms with Gasteiger partial charge >= 0.3 is 5.97 Å². The lowest BCUT2D eigenvalue weighted by Crippen LogP contribution is -2.62. The molecule has 3 rings (SSSR count). The zero-order valence-electron chi connectivity index (χ0n) is 21.4. The SMILES string of the molecule is COc1ccc(C(=S)c2ccc(OC(SC(=O)C(C)(C)C)=C(C(=O)O)N3C(=O)[C@H]([C@@H](C)O)[C@@H]3Cl)cc2)cc1. The number of aliphatic hydroxyl groups is 1. The summed E-state index contributed by atoms with van der Waals surface area (Å²) in [6, 6.07) is 13.9. The van der Waals surface area contributed by atoms with Crippen molar-refractivity contribution in [2.75, 3.05) is 7.11 Å². The van der Waals surface area contributed by atoms with E-state index in [-0.39, 0.29) is 16.0 Å². The number of alkyl halides is 1. The van der Waals surface area contributed by atoms with Crippen LogP contribution in [0.3, 0.4) is 0 Å². The number of rotatable bonds is 9. The van der Waals surface area contributed by atoms with Gasteiger partial charge in [0.15, 0.2) is 10.8 Å². The summed E-state index contributed by atoms with van der Waals surface area (Å²) < 4.78 is 11.1. The summed E-state index contributed by atoms with van der Waals surface area (Å²) in [6.07, 6.45) is -1.08. The fourth-order valence-electron chi connectivity index (χ4n) is 3.48. The van der Waals surface area contributed by atoms with Crippen LogP contribution >= 0.6 is 35.6 Å². The molecule has 0 unspecified atom stereocenters. The third-order valence-electron chi connectivity index (χ3n) is 5.70. The van der Waals surface area contributed by atoms with Crippen LogP contribution in [0.4, 0.5) is 0 Å². The van der Waals surface area contributed by atoms with Crippen LogP contribution in [-0.2, 0) is 14.4 Å². The summed E-state index contributed by atoms with van der Waals surface area (Å²) in [5, 5.41) is 19.2. The number of ether oxygens (including phenoxy) is 2. The molecule has 0 spiro atoms. The second-order valence-corrected chi connectivity index (χ2v) is 11.4. The highest BCUT2D eigenvalue weighted by atomic mass is 35.5. The molecule has 1 heterocycles. The summed E-state index contributed by atoms with van der Waals surface area (Å²) in [7, 11) is 1.58. The number of hydrogen-bond donors (Lipinski definition) is 2. The zero-order chi connectivity index (χ0) is 28.4. The van der Waals surface area contributed by atoms with E-state index in [1.54, 1.807) is 64.3 Å². The Hall–Kier alpha value is -2.92. The van der Waals surface area contributed by atoms with Gasteiger partial charge in [-0.15, -0.1) is 0 Å². The Morgan fingerprint density at radius 2 is 1.55 bits per heavy atom. The molecular weight excluding hydrogens is 550 g/mol. The molecule has 202 valence electrons. The van der Waals surface area contributed by atoms with E-state index in [1.807, 2.05) is 12.1 Å². The lowest BCUT2D eigenvalue weighted by molar-refractivity contribution is -0.158. The van der Waals surface area contributed by atoms with Crippen LogP contribution in [0.1, 0.15) is 38.8 Å². The number of carboxylic acid groups (broad SMARTS) is 1. The third kappa shape index (κ3) is 6.37. The molecule has 0 aromatic heterocycles. The summed E-state index contributed by atoms with van der Waals surface area (Å²) in [4.78, 5) is 39.3. The highest BCUT2D eigenvalue weighted by molar-refractivity contribution is 8.16. The van der Waals surface area contributed by atoms with Crippen molar-refractivity contribution in [3.8, 4) is 11.5 Å². The number of aliphatic carboxylic acids is 1. The van der Waals surface area contributed by atoms with E-state index in [0.717, 1.165) is 16.0 Å². The number of β-lactam (4-membered cyclic amide) rings is 1. The number of carbonyl (C=O) groups is 3. The number of thiocarbonyl (C=S) groups is 1. The van der Waals surface area contributed by atoms with E-state index in [0.29, 0.717) is 22.4 Å². The predicted molar refractivity (Wildman–Crippen MR) is 149 cm³/mol. The first kappa shape index (κ1) is 29.6. The van der Waals surface area contributed by atoms with Crippen molar-refractivity contribution in [2.45, 2.75) is 39.3 Å². The molecule has 3 atom stereocenters. The van der Waals surface area contributed by atoms with Crippen molar-refractivity contribution in [2.24, 2.45) is 11.3 Å². The molecule has 0 radical (unpaired) electrons. The van der Waals surface area contributed by atoms with Crippen molar-refractivity contribution in [3.63, 3.8) is 0 Å². The normalized spacial score (nSPS) is 18.7. The van der Waals surface area contributed by atoms with E-state index >= 15 is 0 Å². The van der Waals surface area contributed by atoms with Gasteiger partial charge in [0.2, 0.25) is 11.0 Å². The first-order valence-corrected chi connectivity index (χ1v) is 13.2. The predicted octanol–water partition coefficient (Wildman–Crippen LogP) is 4.80. The number of thioether (sulfide) groups is 1. The topological polar surface area (TPSA) is 113 Å². The molecule has 0 bridgehead atoms. The van der Waals surface area contributed by atoms with Crippen LogP contribution in [0.2, 0.25) is 0 Å². The molecule has 1 saturated heterocycles. The van der Waals surface area contributed by atoms with Crippen molar-refractivity contribution in [1.29, 1.82) is 0 Å². The average Bonchev–Trinajstić information content (AvgIpc) is 2.86. The third-order valence-corrected chi connectivity index (χ3v) is 7.90. The van der Waals surface area contributed by atoms with Crippen LogP contribution in [0.25, 0.3) is 0 Å². The quantitative estimate of drug-likeness (QED) is 0.0824. The molecule has 8 nitrogen and oxygen atoms in total. The van der Waals surface area contributed by atoms with Crippen LogP contribution in [-0.4, -0.2) is 55.7 Å². The Morgan fingerprint density at radius 3 is 1.95 bits per heavy atom. The highest BCUT2D eigenvalue weighted by Crippen LogP contribution is 2.40. The minimum atomic E-state index is -1.51. The number of aliphatic hydroxyl groups excluding tert-OH is 1. The summed E-state index contributed by atoms with van der Waals surface area (Å²) in [6.45, 7) is 6.43. The standard InChI is InChI=1S/C27H28ClNO7S2/c1-14(30)19-22(28)29(23(19)31)20(24(32)33)25(38-26(34)27(2,3)4)36-18-12-8-16(9-13-18)21(37)15-6-10-17(35-5)11-7-15/h6-14,19,22,30H,1-5H3,(H,32,33)/t14-,19-,22-/m1/s1. The van der Waals surface area contributed by atoms with Gasteiger partial charge in [0.05, 0.1) is 24.0 Å². The van der Waals surface area contributed by atoms with Gasteiger partial charge in [0, 0.05) is 5.41 Å². The fourth-order valence-corrected chi connectivity index (χ4v) is 5.16. The smallest absolute Gasteiger partial charge is 0.357 e. The number of nitrogens with zero attached hydrogens (tertiary/aromatic N) is 1. The number of likely N-dealkylation sites (tertiary alicyclic amines) is 1. The van der Waals surface area contributed by atoms with E-state index in [2.05, 4.69) is 0 Å². The Morgan fingerprint density at radius 1 is 1.05 bits per heavy atom. The van der Waals surface area contributed by atoms with E-state index in [1.165, 1.54) is 6.92 Å². The summed E-state index contributed by atoms with van der Waals surface area (Å²) in [5.74, 6) is -2.23. The maximum Gasteiger partial charge on any atom is 0.357 e. The van der Waals surface area contributed by atoms with Crippen LogP contribution in [0.5, 0.6) is 11.5 Å². The highest BCUT2D eigenvalue weighted by Gasteiger charge is 2.53. The van der Waals surface area contributed by atoms with Gasteiger partial charge in [-0.2, -0.15) is 0 Å². The molecule has 1 amide bonds. The molecule has 2 aromatic rings. The molecule has 0 aliphatic carbocycles. The molecule has 0 saturated carbocycles.